The molecule has 0 amide bonds. The summed E-state index contributed by atoms with van der Waals surface area (Å²) in [7, 11) is 0. The van der Waals surface area contributed by atoms with Gasteiger partial charge in [-0.2, -0.15) is 0 Å². The van der Waals surface area contributed by atoms with Crippen LogP contribution < -0.4 is 5.32 Å². The fourth-order valence-corrected chi connectivity index (χ4v) is 3.30. The lowest BCUT2D eigenvalue weighted by atomic mass is 9.96. The predicted octanol–water partition coefficient (Wildman–Crippen LogP) is 4.99. The summed E-state index contributed by atoms with van der Waals surface area (Å²) in [5.41, 5.74) is 5.52. The Kier molecular flexibility index (Phi) is 4.09. The van der Waals surface area contributed by atoms with E-state index in [9.17, 15) is 0 Å². The van der Waals surface area contributed by atoms with Crippen molar-refractivity contribution in [1.82, 2.24) is 5.32 Å². The van der Waals surface area contributed by atoms with Gasteiger partial charge in [-0.05, 0) is 60.2 Å². The van der Waals surface area contributed by atoms with E-state index in [1.54, 1.807) is 0 Å². The molecule has 0 bridgehead atoms. The van der Waals surface area contributed by atoms with Gasteiger partial charge in [-0.25, -0.2) is 0 Å². The van der Waals surface area contributed by atoms with Gasteiger partial charge in [0.05, 0.1) is 0 Å². The topological polar surface area (TPSA) is 12.0 Å². The summed E-state index contributed by atoms with van der Waals surface area (Å²) in [5, 5.41) is 4.46. The van der Waals surface area contributed by atoms with Crippen LogP contribution in [0, 0.1) is 0 Å². The third-order valence-electron chi connectivity index (χ3n) is 4.05. The molecule has 0 fully saturated rings. The molecular formula is C18H20ClN. The number of fused-ring (bicyclic) bond motifs is 1. The quantitative estimate of drug-likeness (QED) is 0.834. The Balaban J connectivity index is 1.97. The van der Waals surface area contributed by atoms with Gasteiger partial charge in [0.2, 0.25) is 0 Å². The van der Waals surface area contributed by atoms with Crippen LogP contribution in [-0.4, -0.2) is 6.54 Å². The molecule has 0 aliphatic heterocycles. The fraction of sp³-hybridized carbons (Fsp3) is 0.333. The minimum absolute atomic E-state index is 0.518. The summed E-state index contributed by atoms with van der Waals surface area (Å²) in [6.45, 7) is 3.30. The van der Waals surface area contributed by atoms with Crippen LogP contribution in [0.3, 0.4) is 0 Å². The molecule has 2 aromatic carbocycles. The molecule has 1 unspecified atom stereocenters. The molecule has 0 radical (unpaired) electrons. The van der Waals surface area contributed by atoms with E-state index in [-0.39, 0.29) is 0 Å². The molecule has 0 heterocycles. The zero-order valence-electron chi connectivity index (χ0n) is 11.8. The number of nitrogens with one attached hydrogen (secondary N) is 1. The second-order valence-electron chi connectivity index (χ2n) is 5.43. The Labute approximate surface area is 126 Å². The van der Waals surface area contributed by atoms with E-state index in [2.05, 4.69) is 42.6 Å². The number of rotatable bonds is 4. The predicted molar refractivity (Wildman–Crippen MR) is 86.2 cm³/mol. The zero-order chi connectivity index (χ0) is 13.9. The number of halogens is 1. The second kappa shape index (κ2) is 5.99. The summed E-state index contributed by atoms with van der Waals surface area (Å²) < 4.78 is 0. The standard InChI is InChI=1S/C18H20ClN/c1-2-11-20-18-10-9-16-15(7-4-8-17(16)18)13-5-3-6-14(19)12-13/h3-8,12,18,20H,2,9-11H2,1H3. The number of benzene rings is 2. The molecule has 1 aliphatic rings. The van der Waals surface area contributed by atoms with Crippen LogP contribution in [-0.2, 0) is 6.42 Å². The Bertz CT molecular complexity index is 606. The van der Waals surface area contributed by atoms with Crippen molar-refractivity contribution in [3.63, 3.8) is 0 Å². The monoisotopic (exact) mass is 285 g/mol. The summed E-state index contributed by atoms with van der Waals surface area (Å²) in [4.78, 5) is 0. The van der Waals surface area contributed by atoms with Gasteiger partial charge in [0, 0.05) is 11.1 Å². The average molecular weight is 286 g/mol. The molecule has 1 nitrogen and oxygen atoms in total. The molecule has 20 heavy (non-hydrogen) atoms. The van der Waals surface area contributed by atoms with Crippen molar-refractivity contribution in [3.05, 3.63) is 58.6 Å². The normalized spacial score (nSPS) is 17.2. The van der Waals surface area contributed by atoms with Gasteiger partial charge >= 0.3 is 0 Å². The second-order valence-corrected chi connectivity index (χ2v) is 5.87. The highest BCUT2D eigenvalue weighted by Gasteiger charge is 2.24. The molecule has 0 aromatic heterocycles. The molecule has 0 spiro atoms. The van der Waals surface area contributed by atoms with Crippen LogP contribution in [0.25, 0.3) is 11.1 Å². The van der Waals surface area contributed by atoms with Crippen LogP contribution in [0.2, 0.25) is 5.02 Å². The molecule has 1 atom stereocenters. The van der Waals surface area contributed by atoms with Crippen LogP contribution in [0.4, 0.5) is 0 Å². The fourth-order valence-electron chi connectivity index (χ4n) is 3.11. The minimum atomic E-state index is 0.518. The van der Waals surface area contributed by atoms with Crippen LogP contribution in [0.15, 0.2) is 42.5 Å². The number of hydrogen-bond acceptors (Lipinski definition) is 1. The first-order chi connectivity index (χ1) is 9.79. The molecule has 1 N–H and O–H groups in total. The van der Waals surface area contributed by atoms with Crippen molar-refractivity contribution >= 4 is 11.6 Å². The van der Waals surface area contributed by atoms with Crippen molar-refractivity contribution in [2.24, 2.45) is 0 Å². The Morgan fingerprint density at radius 1 is 1.20 bits per heavy atom. The van der Waals surface area contributed by atoms with E-state index in [1.807, 2.05) is 12.1 Å². The lowest BCUT2D eigenvalue weighted by Crippen LogP contribution is -2.19. The van der Waals surface area contributed by atoms with Crippen LogP contribution in [0.5, 0.6) is 0 Å². The molecular weight excluding hydrogens is 266 g/mol. The van der Waals surface area contributed by atoms with Gasteiger partial charge in [0.15, 0.2) is 0 Å². The first kappa shape index (κ1) is 13.7. The lowest BCUT2D eigenvalue weighted by molar-refractivity contribution is 0.529. The zero-order valence-corrected chi connectivity index (χ0v) is 12.6. The smallest absolute Gasteiger partial charge is 0.0412 e. The van der Waals surface area contributed by atoms with Gasteiger partial charge in [0.25, 0.3) is 0 Å². The summed E-state index contributed by atoms with van der Waals surface area (Å²) in [6, 6.07) is 15.3. The van der Waals surface area contributed by atoms with Crippen molar-refractivity contribution < 1.29 is 0 Å². The summed E-state index contributed by atoms with van der Waals surface area (Å²) >= 11 is 6.13. The van der Waals surface area contributed by atoms with E-state index in [4.69, 9.17) is 11.6 Å². The maximum absolute atomic E-state index is 6.13. The van der Waals surface area contributed by atoms with E-state index < -0.39 is 0 Å². The molecule has 3 rings (SSSR count). The summed E-state index contributed by atoms with van der Waals surface area (Å²) in [6.07, 6.45) is 3.53. The minimum Gasteiger partial charge on any atom is -0.310 e. The third-order valence-corrected chi connectivity index (χ3v) is 4.28. The maximum Gasteiger partial charge on any atom is 0.0412 e. The van der Waals surface area contributed by atoms with E-state index in [0.29, 0.717) is 6.04 Å². The van der Waals surface area contributed by atoms with E-state index >= 15 is 0 Å². The van der Waals surface area contributed by atoms with Crippen molar-refractivity contribution in [3.8, 4) is 11.1 Å². The van der Waals surface area contributed by atoms with Gasteiger partial charge < -0.3 is 5.32 Å². The SMILES string of the molecule is CCCNC1CCc2c(-c3cccc(Cl)c3)cccc21. The molecule has 0 saturated heterocycles. The Morgan fingerprint density at radius 3 is 2.85 bits per heavy atom. The Hall–Kier alpha value is -1.31. The van der Waals surface area contributed by atoms with Gasteiger partial charge in [0.1, 0.15) is 0 Å². The molecule has 2 heteroatoms. The third kappa shape index (κ3) is 2.61. The van der Waals surface area contributed by atoms with Gasteiger partial charge in [-0.1, -0.05) is 48.9 Å². The maximum atomic E-state index is 6.13. The summed E-state index contributed by atoms with van der Waals surface area (Å²) in [5.74, 6) is 0. The van der Waals surface area contributed by atoms with Crippen molar-refractivity contribution in [2.45, 2.75) is 32.2 Å². The molecule has 1 aliphatic carbocycles. The van der Waals surface area contributed by atoms with Crippen LogP contribution in [0.1, 0.15) is 36.9 Å². The van der Waals surface area contributed by atoms with Gasteiger partial charge in [-0.15, -0.1) is 0 Å². The molecule has 2 aromatic rings. The first-order valence-corrected chi connectivity index (χ1v) is 7.78. The first-order valence-electron chi connectivity index (χ1n) is 7.40. The van der Waals surface area contributed by atoms with Crippen molar-refractivity contribution in [1.29, 1.82) is 0 Å². The van der Waals surface area contributed by atoms with Crippen LogP contribution >= 0.6 is 11.6 Å². The van der Waals surface area contributed by atoms with Gasteiger partial charge in [-0.3, -0.25) is 0 Å². The Morgan fingerprint density at radius 2 is 2.05 bits per heavy atom. The average Bonchev–Trinajstić information content (AvgIpc) is 2.88. The highest BCUT2D eigenvalue weighted by molar-refractivity contribution is 6.30. The van der Waals surface area contributed by atoms with E-state index in [0.717, 1.165) is 18.0 Å². The highest BCUT2D eigenvalue weighted by Crippen LogP contribution is 2.38. The van der Waals surface area contributed by atoms with E-state index in [1.165, 1.54) is 35.1 Å². The number of hydrogen-bond donors (Lipinski definition) is 1. The van der Waals surface area contributed by atoms with Crippen molar-refractivity contribution in [2.75, 3.05) is 6.54 Å². The largest absolute Gasteiger partial charge is 0.310 e. The molecule has 0 saturated carbocycles. The lowest BCUT2D eigenvalue weighted by Gasteiger charge is -2.14. The molecule has 104 valence electrons. The highest BCUT2D eigenvalue weighted by atomic mass is 35.5.